The normalized spacial score (nSPS) is 14.6. The van der Waals surface area contributed by atoms with Crippen LogP contribution in [0.25, 0.3) is 38.9 Å². The second kappa shape index (κ2) is 9.01. The Labute approximate surface area is 227 Å². The lowest BCUT2D eigenvalue weighted by atomic mass is 9.95. The van der Waals surface area contributed by atoms with Crippen molar-refractivity contribution in [3.63, 3.8) is 0 Å². The molecule has 204 valence electrons. The molecule has 5 aromatic rings. The van der Waals surface area contributed by atoms with Crippen LogP contribution in [-0.2, 0) is 31.3 Å². The summed E-state index contributed by atoms with van der Waals surface area (Å²) in [5, 5.41) is 7.76. The molecule has 3 aromatic heterocycles. The van der Waals surface area contributed by atoms with Gasteiger partial charge in [-0.3, -0.25) is 18.4 Å². The van der Waals surface area contributed by atoms with Crippen molar-refractivity contribution >= 4 is 33.4 Å². The second-order valence-corrected chi connectivity index (χ2v) is 11.4. The number of nitrogens with one attached hydrogen (secondary N) is 1. The minimum Gasteiger partial charge on any atom is -0.388 e. The van der Waals surface area contributed by atoms with Crippen LogP contribution in [0.1, 0.15) is 26.6 Å². The van der Waals surface area contributed by atoms with Crippen LogP contribution in [0.4, 0.5) is 11.4 Å². The van der Waals surface area contributed by atoms with Crippen LogP contribution in [0.3, 0.4) is 0 Å². The summed E-state index contributed by atoms with van der Waals surface area (Å²) in [6.07, 6.45) is 3.89. The van der Waals surface area contributed by atoms with Crippen molar-refractivity contribution in [3.05, 3.63) is 53.0 Å². The van der Waals surface area contributed by atoms with E-state index < -0.39 is 0 Å². The van der Waals surface area contributed by atoms with E-state index in [1.54, 1.807) is 9.13 Å². The van der Waals surface area contributed by atoms with Crippen molar-refractivity contribution in [2.75, 3.05) is 43.6 Å². The fraction of sp³-hybridized carbons (Fsp3) is 0.414. The maximum absolute atomic E-state index is 13.1. The minimum absolute atomic E-state index is 0.0400. The number of rotatable bonds is 4. The van der Waals surface area contributed by atoms with Gasteiger partial charge in [0.15, 0.2) is 0 Å². The predicted molar refractivity (Wildman–Crippen MR) is 156 cm³/mol. The van der Waals surface area contributed by atoms with Crippen LogP contribution >= 0.6 is 0 Å². The lowest BCUT2D eigenvalue weighted by Gasteiger charge is -2.30. The molecule has 0 bridgehead atoms. The molecule has 2 aromatic carbocycles. The molecule has 1 aliphatic heterocycles. The van der Waals surface area contributed by atoms with Crippen LogP contribution in [-0.4, -0.2) is 61.8 Å². The summed E-state index contributed by atoms with van der Waals surface area (Å²) in [6, 6.07) is 8.63. The highest BCUT2D eigenvalue weighted by atomic mass is 16.5. The molecular weight excluding hydrogens is 492 g/mol. The molecule has 0 saturated carbocycles. The maximum atomic E-state index is 13.1. The second-order valence-electron chi connectivity index (χ2n) is 11.4. The van der Waals surface area contributed by atoms with E-state index in [1.807, 2.05) is 45.3 Å². The van der Waals surface area contributed by atoms with E-state index in [0.29, 0.717) is 13.2 Å². The molecule has 10 heteroatoms. The highest BCUT2D eigenvalue weighted by molar-refractivity contribution is 5.95. The summed E-state index contributed by atoms with van der Waals surface area (Å²) < 4.78 is 13.2. The summed E-state index contributed by atoms with van der Waals surface area (Å²) in [4.78, 5) is 20.6. The first-order valence-corrected chi connectivity index (χ1v) is 13.3. The lowest BCUT2D eigenvalue weighted by molar-refractivity contribution is 0.123. The van der Waals surface area contributed by atoms with Gasteiger partial charge in [0, 0.05) is 69.7 Å². The van der Waals surface area contributed by atoms with E-state index in [4.69, 9.17) is 9.72 Å². The number of anilines is 2. The maximum Gasteiger partial charge on any atom is 0.328 e. The van der Waals surface area contributed by atoms with Crippen molar-refractivity contribution in [1.29, 1.82) is 0 Å². The van der Waals surface area contributed by atoms with Gasteiger partial charge in [-0.05, 0) is 24.3 Å². The third-order valence-electron chi connectivity index (χ3n) is 7.68. The highest BCUT2D eigenvalue weighted by Crippen LogP contribution is 2.38. The number of nitrogens with zero attached hydrogens (tertiary/aromatic N) is 7. The van der Waals surface area contributed by atoms with Crippen molar-refractivity contribution in [2.45, 2.75) is 26.2 Å². The monoisotopic (exact) mass is 528 g/mol. The Morgan fingerprint density at radius 3 is 2.36 bits per heavy atom. The molecule has 39 heavy (non-hydrogen) atoms. The minimum atomic E-state index is -0.232. The molecule has 1 aliphatic rings. The fourth-order valence-electron chi connectivity index (χ4n) is 5.68. The zero-order chi connectivity index (χ0) is 27.6. The van der Waals surface area contributed by atoms with E-state index in [0.717, 1.165) is 69.2 Å². The Balaban J connectivity index is 1.67. The summed E-state index contributed by atoms with van der Waals surface area (Å²) >= 11 is 0. The average molecular weight is 529 g/mol. The highest BCUT2D eigenvalue weighted by Gasteiger charge is 2.27. The zero-order valence-corrected chi connectivity index (χ0v) is 23.7. The number of ether oxygens (including phenoxy) is 1. The molecule has 1 fully saturated rings. The van der Waals surface area contributed by atoms with E-state index in [-0.39, 0.29) is 11.1 Å². The van der Waals surface area contributed by atoms with Crippen molar-refractivity contribution in [2.24, 2.45) is 21.1 Å². The molecule has 0 atom stereocenters. The molecule has 0 unspecified atom stereocenters. The molecule has 6 rings (SSSR count). The van der Waals surface area contributed by atoms with Gasteiger partial charge in [-0.2, -0.15) is 5.10 Å². The first-order chi connectivity index (χ1) is 18.6. The Kier molecular flexibility index (Phi) is 5.83. The van der Waals surface area contributed by atoms with Gasteiger partial charge in [0.05, 0.1) is 52.9 Å². The van der Waals surface area contributed by atoms with Gasteiger partial charge in [0.25, 0.3) is 0 Å². The van der Waals surface area contributed by atoms with Crippen molar-refractivity contribution < 1.29 is 4.74 Å². The molecule has 1 N–H and O–H groups in total. The van der Waals surface area contributed by atoms with Gasteiger partial charge >= 0.3 is 5.69 Å². The molecule has 0 aliphatic carbocycles. The molecule has 0 radical (unpaired) electrons. The summed E-state index contributed by atoms with van der Waals surface area (Å²) in [5.41, 5.74) is 8.57. The number of hydrogen-bond acceptors (Lipinski definition) is 6. The largest absolute Gasteiger partial charge is 0.388 e. The van der Waals surface area contributed by atoms with E-state index in [9.17, 15) is 4.79 Å². The predicted octanol–water partition coefficient (Wildman–Crippen LogP) is 3.79. The van der Waals surface area contributed by atoms with Gasteiger partial charge in [-0.1, -0.05) is 20.8 Å². The van der Waals surface area contributed by atoms with Crippen LogP contribution in [0.15, 0.2) is 41.5 Å². The SMILES string of the molecule is CNc1cc2c(cc1-c1cnn(C)c1)nc(C(C)(C)C)n2-c1cc(N2CCOCC2)c2c(c1)n(C)c(=O)n2C. The van der Waals surface area contributed by atoms with Crippen LogP contribution in [0.2, 0.25) is 0 Å². The number of aryl methyl sites for hydroxylation is 3. The first-order valence-electron chi connectivity index (χ1n) is 13.3. The Hall–Kier alpha value is -4.05. The molecule has 4 heterocycles. The average Bonchev–Trinajstić information content (AvgIpc) is 3.59. The molecular formula is C29H36N8O2. The third-order valence-corrected chi connectivity index (χ3v) is 7.68. The van der Waals surface area contributed by atoms with Crippen LogP contribution in [0, 0.1) is 0 Å². The Bertz CT molecular complexity index is 1770. The number of benzene rings is 2. The summed E-state index contributed by atoms with van der Waals surface area (Å²) in [6.45, 7) is 9.43. The van der Waals surface area contributed by atoms with Gasteiger partial charge in [-0.15, -0.1) is 0 Å². The topological polar surface area (TPSA) is 87.1 Å². The molecule has 0 amide bonds. The van der Waals surface area contributed by atoms with Gasteiger partial charge in [0.2, 0.25) is 0 Å². The number of imidazole rings is 2. The number of hydrogen-bond donors (Lipinski definition) is 1. The van der Waals surface area contributed by atoms with Crippen molar-refractivity contribution in [3.8, 4) is 16.8 Å². The number of morpholine rings is 1. The Morgan fingerprint density at radius 2 is 1.72 bits per heavy atom. The number of fused-ring (bicyclic) bond motifs is 2. The standard InChI is InChI=1S/C29H36N8O2/c1-29(2,3)27-32-22-14-20(18-16-31-33(5)17-18)21(30-4)15-23(22)37(27)19-12-24-26(35(7)28(38)34(24)6)25(13-19)36-8-10-39-11-9-36/h12-17,30H,8-11H2,1-7H3. The molecule has 0 spiro atoms. The van der Waals surface area contributed by atoms with Gasteiger partial charge in [-0.25, -0.2) is 9.78 Å². The molecule has 1 saturated heterocycles. The zero-order valence-electron chi connectivity index (χ0n) is 23.7. The third kappa shape index (κ3) is 4.01. The van der Waals surface area contributed by atoms with Gasteiger partial charge < -0.3 is 15.0 Å². The first kappa shape index (κ1) is 25.2. The summed E-state index contributed by atoms with van der Waals surface area (Å²) in [7, 11) is 7.55. The number of aromatic nitrogens is 6. The smallest absolute Gasteiger partial charge is 0.328 e. The van der Waals surface area contributed by atoms with Gasteiger partial charge in [0.1, 0.15) is 5.82 Å². The van der Waals surface area contributed by atoms with E-state index in [1.165, 1.54) is 0 Å². The summed E-state index contributed by atoms with van der Waals surface area (Å²) in [5.74, 6) is 0.955. The van der Waals surface area contributed by atoms with Crippen LogP contribution in [0.5, 0.6) is 0 Å². The van der Waals surface area contributed by atoms with E-state index in [2.05, 4.69) is 64.9 Å². The van der Waals surface area contributed by atoms with Crippen LogP contribution < -0.4 is 15.9 Å². The fourth-order valence-corrected chi connectivity index (χ4v) is 5.68. The van der Waals surface area contributed by atoms with Crippen molar-refractivity contribution in [1.82, 2.24) is 28.5 Å². The van der Waals surface area contributed by atoms with E-state index >= 15 is 0 Å². The quantitative estimate of drug-likeness (QED) is 0.382. The lowest BCUT2D eigenvalue weighted by Crippen LogP contribution is -2.36. The Morgan fingerprint density at radius 1 is 0.974 bits per heavy atom. The molecule has 10 nitrogen and oxygen atoms in total.